The lowest BCUT2D eigenvalue weighted by atomic mass is 10.3. The quantitative estimate of drug-likeness (QED) is 0.656. The van der Waals surface area contributed by atoms with Crippen molar-refractivity contribution in [1.82, 2.24) is 4.90 Å². The molecule has 1 heterocycles. The van der Waals surface area contributed by atoms with Gasteiger partial charge in [-0.25, -0.2) is 4.99 Å². The van der Waals surface area contributed by atoms with Crippen molar-refractivity contribution < 1.29 is 0 Å². The van der Waals surface area contributed by atoms with Gasteiger partial charge in [-0.3, -0.25) is 0 Å². The van der Waals surface area contributed by atoms with Crippen molar-refractivity contribution in [3.8, 4) is 0 Å². The Morgan fingerprint density at radius 1 is 1.73 bits per heavy atom. The maximum Gasteiger partial charge on any atom is 0.129 e. The standard InChI is InChI=1S/C8H11BrN2/c1-3-7-8(9)10-5-6-11(7)4-2/h3,5-6H,4H2,1-2H3. The van der Waals surface area contributed by atoms with E-state index in [0.717, 1.165) is 16.9 Å². The van der Waals surface area contributed by atoms with Crippen molar-refractivity contribution in [1.29, 1.82) is 0 Å². The monoisotopic (exact) mass is 214 g/mol. The third-order valence-corrected chi connectivity index (χ3v) is 2.18. The largest absolute Gasteiger partial charge is 0.345 e. The summed E-state index contributed by atoms with van der Waals surface area (Å²) in [7, 11) is 0. The van der Waals surface area contributed by atoms with E-state index in [4.69, 9.17) is 0 Å². The Hall–Kier alpha value is -0.570. The Labute approximate surface area is 75.4 Å². The molecule has 0 aromatic carbocycles. The van der Waals surface area contributed by atoms with Crippen molar-refractivity contribution >= 4 is 20.6 Å². The van der Waals surface area contributed by atoms with Crippen LogP contribution in [0.15, 0.2) is 29.2 Å². The molecule has 0 aromatic rings. The van der Waals surface area contributed by atoms with Gasteiger partial charge in [0.05, 0.1) is 5.70 Å². The molecule has 0 spiro atoms. The van der Waals surface area contributed by atoms with Crippen LogP contribution in [-0.2, 0) is 0 Å². The van der Waals surface area contributed by atoms with Crippen LogP contribution >= 0.6 is 15.9 Å². The Kier molecular flexibility index (Phi) is 2.88. The summed E-state index contributed by atoms with van der Waals surface area (Å²) in [6, 6.07) is 0. The van der Waals surface area contributed by atoms with E-state index in [2.05, 4.69) is 32.7 Å². The minimum Gasteiger partial charge on any atom is -0.345 e. The Morgan fingerprint density at radius 3 is 2.91 bits per heavy atom. The molecule has 0 aliphatic carbocycles. The molecule has 1 aliphatic heterocycles. The van der Waals surface area contributed by atoms with Gasteiger partial charge in [0.1, 0.15) is 4.62 Å². The van der Waals surface area contributed by atoms with Crippen molar-refractivity contribution in [3.05, 3.63) is 24.2 Å². The highest BCUT2D eigenvalue weighted by Gasteiger charge is 2.10. The smallest absolute Gasteiger partial charge is 0.129 e. The average Bonchev–Trinajstić information content (AvgIpc) is 2.04. The highest BCUT2D eigenvalue weighted by Crippen LogP contribution is 2.15. The molecule has 0 atom stereocenters. The molecule has 0 saturated heterocycles. The summed E-state index contributed by atoms with van der Waals surface area (Å²) in [5.74, 6) is 0. The summed E-state index contributed by atoms with van der Waals surface area (Å²) < 4.78 is 0.907. The first-order valence-corrected chi connectivity index (χ1v) is 4.42. The minimum absolute atomic E-state index is 0.907. The molecule has 60 valence electrons. The number of aliphatic imine (C=N–C) groups is 1. The highest BCUT2D eigenvalue weighted by molar-refractivity contribution is 9.18. The van der Waals surface area contributed by atoms with Crippen LogP contribution in [0.4, 0.5) is 0 Å². The summed E-state index contributed by atoms with van der Waals surface area (Å²) in [6.45, 7) is 5.09. The van der Waals surface area contributed by atoms with Gasteiger partial charge in [-0.15, -0.1) is 0 Å². The number of hydrogen-bond donors (Lipinski definition) is 0. The first-order chi connectivity index (χ1) is 5.29. The van der Waals surface area contributed by atoms with Crippen LogP contribution in [-0.4, -0.2) is 16.1 Å². The van der Waals surface area contributed by atoms with Gasteiger partial charge >= 0.3 is 0 Å². The third-order valence-electron chi connectivity index (χ3n) is 1.57. The molecule has 0 saturated carbocycles. The zero-order valence-corrected chi connectivity index (χ0v) is 8.30. The summed E-state index contributed by atoms with van der Waals surface area (Å²) in [5, 5.41) is 0. The SMILES string of the molecule is CC=C1C(Br)=NC=CN1CC. The number of hydrogen-bond acceptors (Lipinski definition) is 2. The summed E-state index contributed by atoms with van der Waals surface area (Å²) in [4.78, 5) is 6.26. The number of nitrogens with zero attached hydrogens (tertiary/aromatic N) is 2. The molecule has 0 aromatic heterocycles. The van der Waals surface area contributed by atoms with Gasteiger partial charge in [0, 0.05) is 18.9 Å². The van der Waals surface area contributed by atoms with E-state index in [-0.39, 0.29) is 0 Å². The van der Waals surface area contributed by atoms with Gasteiger partial charge in [0.25, 0.3) is 0 Å². The molecular weight excluding hydrogens is 204 g/mol. The second-order valence-electron chi connectivity index (χ2n) is 2.18. The second-order valence-corrected chi connectivity index (χ2v) is 2.93. The Bertz CT molecular complexity index is 228. The molecule has 0 fully saturated rings. The average molecular weight is 215 g/mol. The minimum atomic E-state index is 0.907. The first-order valence-electron chi connectivity index (χ1n) is 3.63. The molecule has 2 nitrogen and oxygen atoms in total. The van der Waals surface area contributed by atoms with Crippen LogP contribution < -0.4 is 0 Å². The van der Waals surface area contributed by atoms with Crippen LogP contribution in [0.25, 0.3) is 0 Å². The maximum absolute atomic E-state index is 4.12. The molecule has 11 heavy (non-hydrogen) atoms. The molecule has 0 bridgehead atoms. The van der Waals surface area contributed by atoms with Gasteiger partial charge in [-0.1, -0.05) is 6.08 Å². The fourth-order valence-electron chi connectivity index (χ4n) is 1.00. The fraction of sp³-hybridized carbons (Fsp3) is 0.375. The van der Waals surface area contributed by atoms with Crippen molar-refractivity contribution in [3.63, 3.8) is 0 Å². The Balaban J connectivity index is 2.88. The van der Waals surface area contributed by atoms with Crippen LogP contribution in [0.2, 0.25) is 0 Å². The van der Waals surface area contributed by atoms with E-state index in [1.165, 1.54) is 0 Å². The highest BCUT2D eigenvalue weighted by atomic mass is 79.9. The molecule has 3 heteroatoms. The van der Waals surface area contributed by atoms with E-state index >= 15 is 0 Å². The van der Waals surface area contributed by atoms with Crippen molar-refractivity contribution in [2.24, 2.45) is 4.99 Å². The van der Waals surface area contributed by atoms with Crippen LogP contribution in [0.1, 0.15) is 13.8 Å². The van der Waals surface area contributed by atoms with E-state index in [1.807, 2.05) is 19.2 Å². The molecule has 0 amide bonds. The molecule has 1 aliphatic rings. The summed E-state index contributed by atoms with van der Waals surface area (Å²) in [5.41, 5.74) is 1.13. The predicted octanol–water partition coefficient (Wildman–Crippen LogP) is 2.49. The second kappa shape index (κ2) is 3.72. The fourth-order valence-corrected chi connectivity index (χ4v) is 1.58. The van der Waals surface area contributed by atoms with Gasteiger partial charge < -0.3 is 4.90 Å². The van der Waals surface area contributed by atoms with Gasteiger partial charge in [0.2, 0.25) is 0 Å². The van der Waals surface area contributed by atoms with Gasteiger partial charge in [0.15, 0.2) is 0 Å². The molecule has 0 radical (unpaired) electrons. The van der Waals surface area contributed by atoms with Gasteiger partial charge in [-0.05, 0) is 29.8 Å². The number of allylic oxidation sites excluding steroid dienone is 2. The predicted molar refractivity (Wildman–Crippen MR) is 51.6 cm³/mol. The summed E-state index contributed by atoms with van der Waals surface area (Å²) >= 11 is 3.38. The molecule has 0 N–H and O–H groups in total. The normalized spacial score (nSPS) is 20.8. The van der Waals surface area contributed by atoms with Gasteiger partial charge in [-0.2, -0.15) is 0 Å². The lowest BCUT2D eigenvalue weighted by Gasteiger charge is -2.22. The lowest BCUT2D eigenvalue weighted by molar-refractivity contribution is 0.510. The summed E-state index contributed by atoms with van der Waals surface area (Å²) in [6.07, 6.45) is 5.81. The first kappa shape index (κ1) is 8.53. The maximum atomic E-state index is 4.12. The van der Waals surface area contributed by atoms with Crippen molar-refractivity contribution in [2.45, 2.75) is 13.8 Å². The van der Waals surface area contributed by atoms with Crippen LogP contribution in [0.5, 0.6) is 0 Å². The topological polar surface area (TPSA) is 15.6 Å². The number of halogens is 1. The van der Waals surface area contributed by atoms with E-state index in [1.54, 1.807) is 6.20 Å². The van der Waals surface area contributed by atoms with Crippen LogP contribution in [0, 0.1) is 0 Å². The van der Waals surface area contributed by atoms with Crippen LogP contribution in [0.3, 0.4) is 0 Å². The third kappa shape index (κ3) is 1.71. The molecule has 0 unspecified atom stereocenters. The zero-order valence-electron chi connectivity index (χ0n) is 6.71. The van der Waals surface area contributed by atoms with E-state index < -0.39 is 0 Å². The zero-order chi connectivity index (χ0) is 8.27. The number of rotatable bonds is 1. The van der Waals surface area contributed by atoms with E-state index in [0.29, 0.717) is 0 Å². The Morgan fingerprint density at radius 2 is 2.45 bits per heavy atom. The van der Waals surface area contributed by atoms with E-state index in [9.17, 15) is 0 Å². The molecule has 1 rings (SSSR count). The van der Waals surface area contributed by atoms with Crippen molar-refractivity contribution in [2.75, 3.05) is 6.54 Å². The lowest BCUT2D eigenvalue weighted by Crippen LogP contribution is -2.21. The molecular formula is C8H11BrN2.